The third kappa shape index (κ3) is 32.3. The van der Waals surface area contributed by atoms with Gasteiger partial charge in [-0.25, -0.2) is 0 Å². The number of aliphatic hydroxyl groups excluding tert-OH is 1. The number of thiophene rings is 2. The second kappa shape index (κ2) is 44.4. The molecule has 6 heterocycles. The summed E-state index contributed by atoms with van der Waals surface area (Å²) in [5.74, 6) is -2.86. The van der Waals surface area contributed by atoms with Crippen molar-refractivity contribution in [2.75, 3.05) is 26.4 Å². The number of carbonyl (C=O) groups is 8. The maximum absolute atomic E-state index is 12.6. The molecule has 0 saturated heterocycles. The van der Waals surface area contributed by atoms with Crippen LogP contribution in [0.4, 0.5) is 0 Å². The van der Waals surface area contributed by atoms with Crippen LogP contribution in [0.25, 0.3) is 0 Å². The molecule has 0 spiro atoms. The van der Waals surface area contributed by atoms with Crippen LogP contribution >= 0.6 is 22.7 Å². The lowest BCUT2D eigenvalue weighted by Crippen LogP contribution is -2.50. The van der Waals surface area contributed by atoms with Gasteiger partial charge < -0.3 is 86.1 Å². The molecule has 1 saturated carbocycles. The van der Waals surface area contributed by atoms with E-state index in [0.29, 0.717) is 62.7 Å². The third-order valence-electron chi connectivity index (χ3n) is 15.3. The number of nitrogens with zero attached hydrogens (tertiary/aromatic N) is 1. The van der Waals surface area contributed by atoms with E-state index in [1.54, 1.807) is 47.9 Å². The van der Waals surface area contributed by atoms with Gasteiger partial charge >= 0.3 is 28.5 Å². The van der Waals surface area contributed by atoms with Crippen LogP contribution in [0.1, 0.15) is 131 Å². The molecule has 1 aliphatic carbocycles. The van der Waals surface area contributed by atoms with Crippen LogP contribution in [0.15, 0.2) is 114 Å². The first-order valence-corrected chi connectivity index (χ1v) is 34.3. The number of carbonyl (C=O) groups excluding carboxylic acids is 8. The van der Waals surface area contributed by atoms with Crippen molar-refractivity contribution in [3.8, 4) is 0 Å². The predicted molar refractivity (Wildman–Crippen MR) is 371 cm³/mol. The highest BCUT2D eigenvalue weighted by Gasteiger charge is 2.37. The van der Waals surface area contributed by atoms with E-state index in [1.807, 2.05) is 60.7 Å². The molecule has 13 N–H and O–H groups in total. The van der Waals surface area contributed by atoms with E-state index in [-0.39, 0.29) is 104 Å². The fourth-order valence-electron chi connectivity index (χ4n) is 10.6. The van der Waals surface area contributed by atoms with Gasteiger partial charge in [-0.05, 0) is 114 Å². The van der Waals surface area contributed by atoms with Crippen molar-refractivity contribution < 1.29 is 91.8 Å². The van der Waals surface area contributed by atoms with Gasteiger partial charge in [0, 0.05) is 54.4 Å². The highest BCUT2D eigenvalue weighted by molar-refractivity contribution is 7.13. The van der Waals surface area contributed by atoms with Crippen molar-refractivity contribution in [3.63, 3.8) is 0 Å². The number of hydrogen-bond acceptors (Lipinski definition) is 24. The summed E-state index contributed by atoms with van der Waals surface area (Å²) in [4.78, 5) is 101. The summed E-state index contributed by atoms with van der Waals surface area (Å²) < 4.78 is 27.1. The monoisotopic (exact) mass is 1380 g/mol. The highest BCUT2D eigenvalue weighted by atomic mass is 32.1. The van der Waals surface area contributed by atoms with Gasteiger partial charge in [-0.1, -0.05) is 90.2 Å². The number of benzene rings is 1. The van der Waals surface area contributed by atoms with E-state index in [0.717, 1.165) is 41.0 Å². The maximum atomic E-state index is 12.6. The molecule has 0 unspecified atom stereocenters. The van der Waals surface area contributed by atoms with Crippen molar-refractivity contribution in [1.29, 1.82) is 0 Å². The van der Waals surface area contributed by atoms with Crippen molar-refractivity contribution >= 4 is 104 Å². The number of nitrogens with two attached hydrogens (primary N) is 2. The Morgan fingerprint density at radius 3 is 1.43 bits per heavy atom. The van der Waals surface area contributed by atoms with Crippen LogP contribution < -0.4 is 32.7 Å². The second-order valence-electron chi connectivity index (χ2n) is 24.1. The molecule has 26 nitrogen and oxygen atoms in total. The lowest BCUT2D eigenvalue weighted by Gasteiger charge is -2.26. The number of ketones is 4. The zero-order valence-corrected chi connectivity index (χ0v) is 57.1. The predicted octanol–water partition coefficient (Wildman–Crippen LogP) is 2.66. The Kier molecular flexibility index (Phi) is 37.1. The van der Waals surface area contributed by atoms with Crippen molar-refractivity contribution in [2.45, 2.75) is 185 Å². The fraction of sp³-hybridized carbons (Fsp3) is 0.523. The smallest absolute Gasteiger partial charge is 0.426 e. The van der Waals surface area contributed by atoms with Gasteiger partial charge in [0.05, 0.1) is 85.7 Å². The van der Waals surface area contributed by atoms with Crippen molar-refractivity contribution in [3.05, 3.63) is 129 Å². The molecule has 4 amide bonds. The van der Waals surface area contributed by atoms with Gasteiger partial charge in [-0.15, -0.1) is 22.7 Å². The molecule has 1 aromatic carbocycles. The average molecular weight is 1380 g/mol. The van der Waals surface area contributed by atoms with Crippen molar-refractivity contribution in [1.82, 2.24) is 21.3 Å². The molecular weight excluding hydrogens is 1290 g/mol. The molecule has 4 aliphatic heterocycles. The van der Waals surface area contributed by atoms with Crippen LogP contribution in [0.3, 0.4) is 0 Å². The highest BCUT2D eigenvalue weighted by Crippen LogP contribution is 2.27. The molecule has 526 valence electrons. The quantitative estimate of drug-likeness (QED) is 0.0172. The summed E-state index contributed by atoms with van der Waals surface area (Å²) in [6.45, 7) is 7.11. The van der Waals surface area contributed by atoms with Crippen molar-refractivity contribution in [2.24, 2.45) is 22.5 Å². The normalized spacial score (nSPS) is 23.2. The minimum Gasteiger partial charge on any atom is -0.426 e. The standard InChI is InChI=1S/C17H25BN2O5S.C16H21BN2O6S.C16H27BN2O4.C16H20BNO4/c1-12(21)9-13-3-2-4-16(18(23)25-13)20-17(22)10-14-5-6-15(26-14)11-24-8-7-19;1-11(21)10-12-4-2-6-14(17(23)25-12)18-16(22)15(19-24-8-7-20)13-5-3-9-26-13;1-11(20)9-14-3-2-4-15(17(22)23-14)19-16(21)10-12-5-7-13(18)8-6-12;1-12(19)10-14-8-5-9-15(17(21)22-14)18-16(20)11-13-6-3-2-4-7-13/h2-3,5-6,13,16,23H,4,7-11,19H2,1H3,(H,20,22);2-5,9,12,14,20,23H,6-8,10H2,1H3,(H,18,22);2-3,12-15,22H,4-10,18H2,1H3,(H,19,21);2-8,14-15,21H,9-11H2,1H3,(H,18,20)/b;19-15+;;/t13-,16+;12-,14+;12?,13?,14-,15+;14-,15+/m1111/s1. The number of nitrogens with one attached hydrogen (secondary N) is 4. The molecule has 8 atom stereocenters. The van der Waals surface area contributed by atoms with E-state index in [1.165, 1.54) is 50.4 Å². The largest absolute Gasteiger partial charge is 0.478 e. The van der Waals surface area contributed by atoms with Gasteiger partial charge in [-0.3, -0.25) is 38.4 Å². The zero-order valence-electron chi connectivity index (χ0n) is 55.5. The van der Waals surface area contributed by atoms with Crippen LogP contribution in [-0.2, 0) is 86.0 Å². The first kappa shape index (κ1) is 81.1. The number of Topliss-reactive ketones (excluding diaryl/α,β-unsaturated/α-hetero) is 4. The van der Waals surface area contributed by atoms with E-state index < -0.39 is 82.6 Å². The molecule has 8 rings (SSSR count). The minimum atomic E-state index is -1.26. The Balaban J connectivity index is 0.000000234. The maximum Gasteiger partial charge on any atom is 0.478 e. The number of hydrogen-bond donors (Lipinski definition) is 11. The zero-order chi connectivity index (χ0) is 70.7. The van der Waals surface area contributed by atoms with E-state index in [4.69, 9.17) is 44.8 Å². The molecule has 0 bridgehead atoms. The summed E-state index contributed by atoms with van der Waals surface area (Å²) in [5.41, 5.74) is 12.2. The fourth-order valence-corrected chi connectivity index (χ4v) is 12.3. The number of oxime groups is 1. The van der Waals surface area contributed by atoms with Gasteiger partial charge in [0.15, 0.2) is 5.71 Å². The van der Waals surface area contributed by atoms with E-state index >= 15 is 0 Å². The molecule has 32 heteroatoms. The molecule has 0 radical (unpaired) electrons. The van der Waals surface area contributed by atoms with Gasteiger partial charge in [0.1, 0.15) is 29.7 Å². The average Bonchev–Trinajstić information content (AvgIpc) is 1.85. The number of aliphatic hydroxyl groups is 1. The Morgan fingerprint density at radius 1 is 0.557 bits per heavy atom. The summed E-state index contributed by atoms with van der Waals surface area (Å²) >= 11 is 2.83. The third-order valence-corrected chi connectivity index (χ3v) is 17.3. The van der Waals surface area contributed by atoms with Crippen LogP contribution in [0.5, 0.6) is 0 Å². The van der Waals surface area contributed by atoms with Crippen LogP contribution in [0, 0.1) is 5.92 Å². The summed E-state index contributed by atoms with van der Waals surface area (Å²) in [5, 5.41) is 66.1. The Labute approximate surface area is 576 Å². The van der Waals surface area contributed by atoms with Gasteiger partial charge in [0.2, 0.25) is 17.7 Å². The van der Waals surface area contributed by atoms with Crippen LogP contribution in [-0.4, -0.2) is 187 Å². The molecule has 5 aliphatic rings. The first-order chi connectivity index (χ1) is 46.5. The number of amides is 4. The SMILES string of the molecule is CC(=O)C[C@H]1C=CC[C@H](NC(=O)/C(=N/OCCO)c2cccs2)B(O)O1.CC(=O)C[C@H]1C=CC[C@H](NC(=O)CC2CCC(N)CC2)B(O)O1.CC(=O)C[C@H]1C=CC[C@H](NC(=O)Cc2ccc(COCCN)s2)B(O)O1.CC(=O)C[C@H]1C=CC[C@H](NC(=O)Cc2ccccc2)B(O)O1. The number of rotatable bonds is 27. The van der Waals surface area contributed by atoms with Gasteiger partial charge in [0.25, 0.3) is 5.91 Å². The minimum absolute atomic E-state index is 0.00448. The molecule has 2 aromatic heterocycles. The van der Waals surface area contributed by atoms with Crippen LogP contribution in [0.2, 0.25) is 0 Å². The Bertz CT molecular complexity index is 3100. The Morgan fingerprint density at radius 2 is 1.00 bits per heavy atom. The summed E-state index contributed by atoms with van der Waals surface area (Å²) in [7, 11) is -4.64. The summed E-state index contributed by atoms with van der Waals surface area (Å²) in [6.07, 6.45) is 19.9. The molecular formula is C65H93B4N7O19S2. The van der Waals surface area contributed by atoms with Gasteiger partial charge in [-0.2, -0.15) is 0 Å². The lowest BCUT2D eigenvalue weighted by atomic mass is 9.76. The van der Waals surface area contributed by atoms with E-state index in [9.17, 15) is 58.5 Å². The Hall–Kier alpha value is -6.61. The van der Waals surface area contributed by atoms with E-state index in [2.05, 4.69) is 26.4 Å². The number of ether oxygens (including phenoxy) is 1. The topological polar surface area (TPSA) is 406 Å². The molecule has 3 aromatic rings. The second-order valence-corrected chi connectivity index (χ2v) is 26.4. The molecule has 1 fully saturated rings. The lowest BCUT2D eigenvalue weighted by molar-refractivity contribution is -0.123. The molecule has 97 heavy (non-hydrogen) atoms. The summed E-state index contributed by atoms with van der Waals surface area (Å²) in [6, 6.07) is 17.0. The first-order valence-electron chi connectivity index (χ1n) is 32.6.